The largest absolute Gasteiger partial charge is 0.368 e. The summed E-state index contributed by atoms with van der Waals surface area (Å²) in [5.74, 6) is 0.557. The van der Waals surface area contributed by atoms with Crippen LogP contribution in [0.15, 0.2) is 4.79 Å². The smallest absolute Gasteiger partial charge is 0.340 e. The van der Waals surface area contributed by atoms with Gasteiger partial charge < -0.3 is 4.74 Å². The van der Waals surface area contributed by atoms with Crippen LogP contribution in [0.25, 0.3) is 0 Å². The number of hydrogen-bond acceptors (Lipinski definition) is 3. The number of nitrogens with zero attached hydrogens (tertiary/aromatic N) is 1. The lowest BCUT2D eigenvalue weighted by Crippen LogP contribution is -2.27. The standard InChI is InChI=1S/C8H15N3O2/c1-4-8(3,13-5-2)6-9-7(12)11-10-6/h4-5H2,1-3H3,(H2,9,10,11,12). The second kappa shape index (κ2) is 3.74. The zero-order valence-corrected chi connectivity index (χ0v) is 8.18. The molecule has 1 aromatic rings. The minimum Gasteiger partial charge on any atom is -0.368 e. The highest BCUT2D eigenvalue weighted by atomic mass is 16.5. The molecule has 5 nitrogen and oxygen atoms in total. The van der Waals surface area contributed by atoms with E-state index in [0.717, 1.165) is 6.42 Å². The molecule has 0 saturated carbocycles. The SMILES string of the molecule is CCOC(C)(CC)c1n[nH]c(=O)[nH]1. The Kier molecular flexibility index (Phi) is 2.87. The van der Waals surface area contributed by atoms with Crippen molar-refractivity contribution >= 4 is 0 Å². The third-order valence-corrected chi connectivity index (χ3v) is 2.14. The van der Waals surface area contributed by atoms with Crippen LogP contribution < -0.4 is 5.69 Å². The first kappa shape index (κ1) is 9.98. The van der Waals surface area contributed by atoms with Gasteiger partial charge in [0.15, 0.2) is 5.82 Å². The molecule has 74 valence electrons. The Morgan fingerprint density at radius 1 is 1.54 bits per heavy atom. The first-order valence-corrected chi connectivity index (χ1v) is 4.41. The average Bonchev–Trinajstić information content (AvgIpc) is 2.52. The van der Waals surface area contributed by atoms with E-state index in [1.807, 2.05) is 20.8 Å². The van der Waals surface area contributed by atoms with Gasteiger partial charge in [-0.2, -0.15) is 5.10 Å². The van der Waals surface area contributed by atoms with Crippen molar-refractivity contribution in [2.24, 2.45) is 0 Å². The van der Waals surface area contributed by atoms with E-state index >= 15 is 0 Å². The Hall–Kier alpha value is -1.10. The third kappa shape index (κ3) is 1.98. The number of H-pyrrole nitrogens is 2. The number of ether oxygens (including phenoxy) is 1. The number of nitrogens with one attached hydrogen (secondary N) is 2. The van der Waals surface area contributed by atoms with Gasteiger partial charge in [0.2, 0.25) is 0 Å². The maximum absolute atomic E-state index is 10.8. The van der Waals surface area contributed by atoms with Crippen LogP contribution in [0, 0.1) is 0 Å². The maximum Gasteiger partial charge on any atom is 0.340 e. The molecule has 1 heterocycles. The van der Waals surface area contributed by atoms with Crippen molar-refractivity contribution in [1.29, 1.82) is 0 Å². The fourth-order valence-corrected chi connectivity index (χ4v) is 1.18. The number of hydrogen-bond donors (Lipinski definition) is 2. The highest BCUT2D eigenvalue weighted by Gasteiger charge is 2.28. The molecule has 5 heteroatoms. The number of rotatable bonds is 4. The molecule has 0 aliphatic rings. The normalized spacial score (nSPS) is 15.6. The van der Waals surface area contributed by atoms with Gasteiger partial charge in [0.25, 0.3) is 0 Å². The van der Waals surface area contributed by atoms with E-state index in [2.05, 4.69) is 15.2 Å². The van der Waals surface area contributed by atoms with E-state index < -0.39 is 5.60 Å². The molecule has 0 saturated heterocycles. The molecule has 0 amide bonds. The van der Waals surface area contributed by atoms with Crippen molar-refractivity contribution in [2.45, 2.75) is 32.8 Å². The van der Waals surface area contributed by atoms with Crippen LogP contribution >= 0.6 is 0 Å². The zero-order valence-electron chi connectivity index (χ0n) is 8.18. The summed E-state index contributed by atoms with van der Waals surface area (Å²) in [7, 11) is 0. The van der Waals surface area contributed by atoms with Crippen LogP contribution in [0.2, 0.25) is 0 Å². The van der Waals surface area contributed by atoms with E-state index in [4.69, 9.17) is 4.74 Å². The van der Waals surface area contributed by atoms with Crippen molar-refractivity contribution in [3.05, 3.63) is 16.3 Å². The lowest BCUT2D eigenvalue weighted by Gasteiger charge is -2.24. The predicted molar refractivity (Wildman–Crippen MR) is 48.5 cm³/mol. The van der Waals surface area contributed by atoms with Gasteiger partial charge in [-0.3, -0.25) is 4.98 Å². The molecule has 1 rings (SSSR count). The second-order valence-corrected chi connectivity index (χ2v) is 3.04. The molecule has 0 radical (unpaired) electrons. The Balaban J connectivity index is 2.94. The van der Waals surface area contributed by atoms with Crippen molar-refractivity contribution in [3.63, 3.8) is 0 Å². The Bertz CT molecular complexity index is 317. The van der Waals surface area contributed by atoms with E-state index in [9.17, 15) is 4.79 Å². The summed E-state index contributed by atoms with van der Waals surface area (Å²) in [5, 5.41) is 6.19. The second-order valence-electron chi connectivity index (χ2n) is 3.04. The fraction of sp³-hybridized carbons (Fsp3) is 0.750. The lowest BCUT2D eigenvalue weighted by molar-refractivity contribution is -0.0388. The van der Waals surface area contributed by atoms with Crippen molar-refractivity contribution in [1.82, 2.24) is 15.2 Å². The molecular weight excluding hydrogens is 170 g/mol. The van der Waals surface area contributed by atoms with Gasteiger partial charge in [0, 0.05) is 6.61 Å². The Labute approximate surface area is 76.5 Å². The van der Waals surface area contributed by atoms with E-state index in [1.54, 1.807) is 0 Å². The quantitative estimate of drug-likeness (QED) is 0.727. The highest BCUT2D eigenvalue weighted by Crippen LogP contribution is 2.24. The molecule has 0 bridgehead atoms. The van der Waals surface area contributed by atoms with Gasteiger partial charge in [-0.1, -0.05) is 6.92 Å². The summed E-state index contributed by atoms with van der Waals surface area (Å²) in [6.07, 6.45) is 0.766. The molecule has 0 spiro atoms. The monoisotopic (exact) mass is 185 g/mol. The average molecular weight is 185 g/mol. The van der Waals surface area contributed by atoms with E-state index in [1.165, 1.54) is 0 Å². The minimum absolute atomic E-state index is 0.297. The van der Waals surface area contributed by atoms with E-state index in [0.29, 0.717) is 12.4 Å². The van der Waals surface area contributed by atoms with Crippen LogP contribution in [-0.4, -0.2) is 21.8 Å². The van der Waals surface area contributed by atoms with Crippen molar-refractivity contribution < 1.29 is 4.74 Å². The maximum atomic E-state index is 10.8. The Morgan fingerprint density at radius 3 is 2.62 bits per heavy atom. The van der Waals surface area contributed by atoms with Crippen LogP contribution in [0.4, 0.5) is 0 Å². The summed E-state index contributed by atoms with van der Waals surface area (Å²) in [6.45, 7) is 6.41. The molecule has 13 heavy (non-hydrogen) atoms. The van der Waals surface area contributed by atoms with E-state index in [-0.39, 0.29) is 5.69 Å². The summed E-state index contributed by atoms with van der Waals surface area (Å²) in [4.78, 5) is 13.4. The minimum atomic E-state index is -0.492. The van der Waals surface area contributed by atoms with Crippen molar-refractivity contribution in [3.8, 4) is 0 Å². The molecule has 1 aromatic heterocycles. The molecule has 1 atom stereocenters. The zero-order chi connectivity index (χ0) is 9.90. The number of aromatic nitrogens is 3. The van der Waals surface area contributed by atoms with Crippen molar-refractivity contribution in [2.75, 3.05) is 6.61 Å². The fourth-order valence-electron chi connectivity index (χ4n) is 1.18. The van der Waals surface area contributed by atoms with Gasteiger partial charge in [-0.15, -0.1) is 0 Å². The summed E-state index contributed by atoms with van der Waals surface area (Å²) in [5.41, 5.74) is -0.789. The van der Waals surface area contributed by atoms with Gasteiger partial charge in [0.05, 0.1) is 0 Å². The summed E-state index contributed by atoms with van der Waals surface area (Å²) in [6, 6.07) is 0. The van der Waals surface area contributed by atoms with Crippen LogP contribution in [0.3, 0.4) is 0 Å². The number of aromatic amines is 2. The molecule has 2 N–H and O–H groups in total. The lowest BCUT2D eigenvalue weighted by atomic mass is 10.0. The molecule has 0 aliphatic carbocycles. The van der Waals surface area contributed by atoms with Gasteiger partial charge >= 0.3 is 5.69 Å². The molecule has 0 aliphatic heterocycles. The summed E-state index contributed by atoms with van der Waals surface area (Å²) < 4.78 is 5.53. The molecular formula is C8H15N3O2. The predicted octanol–water partition coefficient (Wildman–Crippen LogP) is 0.760. The van der Waals surface area contributed by atoms with Gasteiger partial charge in [0.1, 0.15) is 5.60 Å². The van der Waals surface area contributed by atoms with Gasteiger partial charge in [-0.25, -0.2) is 9.89 Å². The Morgan fingerprint density at radius 2 is 2.23 bits per heavy atom. The van der Waals surface area contributed by atoms with Crippen LogP contribution in [0.5, 0.6) is 0 Å². The summed E-state index contributed by atoms with van der Waals surface area (Å²) >= 11 is 0. The molecule has 1 unspecified atom stereocenters. The highest BCUT2D eigenvalue weighted by molar-refractivity contribution is 4.96. The van der Waals surface area contributed by atoms with Crippen LogP contribution in [-0.2, 0) is 10.3 Å². The van der Waals surface area contributed by atoms with Crippen LogP contribution in [0.1, 0.15) is 33.0 Å². The first-order valence-electron chi connectivity index (χ1n) is 4.41. The molecule has 0 aromatic carbocycles. The third-order valence-electron chi connectivity index (χ3n) is 2.14. The molecule has 0 fully saturated rings. The topological polar surface area (TPSA) is 70.8 Å². The first-order chi connectivity index (χ1) is 6.12. The van der Waals surface area contributed by atoms with Gasteiger partial charge in [-0.05, 0) is 20.3 Å².